The Morgan fingerprint density at radius 2 is 2.45 bits per heavy atom. The predicted octanol–water partition coefficient (Wildman–Crippen LogP) is -1.11. The maximum absolute atomic E-state index is 10.3. The number of rotatable bonds is 2. The summed E-state index contributed by atoms with van der Waals surface area (Å²) in [6.07, 6.45) is 0. The van der Waals surface area contributed by atoms with Crippen molar-refractivity contribution in [3.8, 4) is 11.8 Å². The Labute approximate surface area is 66.5 Å². The highest BCUT2D eigenvalue weighted by Gasteiger charge is 1.89. The smallest absolute Gasteiger partial charge is 0.384 e. The second kappa shape index (κ2) is 5.85. The largest absolute Gasteiger partial charge is 0.459 e. The van der Waals surface area contributed by atoms with Gasteiger partial charge in [0.2, 0.25) is 11.3 Å². The van der Waals surface area contributed by atoms with E-state index in [1.165, 1.54) is 7.11 Å². The summed E-state index contributed by atoms with van der Waals surface area (Å²) < 4.78 is 24.3. The molecule has 5 nitrogen and oxygen atoms in total. The van der Waals surface area contributed by atoms with Crippen LogP contribution in [-0.4, -0.2) is 28.4 Å². The molecule has 0 aromatic carbocycles. The van der Waals surface area contributed by atoms with Crippen molar-refractivity contribution in [1.29, 1.82) is 0 Å². The second-order valence-corrected chi connectivity index (χ2v) is 2.15. The van der Waals surface area contributed by atoms with Gasteiger partial charge in [0.25, 0.3) is 0 Å². The van der Waals surface area contributed by atoms with Crippen LogP contribution in [0.2, 0.25) is 0 Å². The summed E-state index contributed by atoms with van der Waals surface area (Å²) in [5, 5.41) is 0. The van der Waals surface area contributed by atoms with Crippen molar-refractivity contribution in [2.75, 3.05) is 13.7 Å². The van der Waals surface area contributed by atoms with E-state index in [2.05, 4.69) is 21.3 Å². The SMILES string of the molecule is COC(=O)C#CCNS(=O)O. The Morgan fingerprint density at radius 1 is 1.82 bits per heavy atom. The third-order valence-corrected chi connectivity index (χ3v) is 1.05. The van der Waals surface area contributed by atoms with Crippen LogP contribution in [0.25, 0.3) is 0 Å². The van der Waals surface area contributed by atoms with E-state index in [9.17, 15) is 9.00 Å². The molecule has 0 saturated carbocycles. The van der Waals surface area contributed by atoms with E-state index in [1.807, 2.05) is 0 Å². The van der Waals surface area contributed by atoms with Crippen molar-refractivity contribution >= 4 is 17.2 Å². The molecule has 11 heavy (non-hydrogen) atoms. The highest BCUT2D eigenvalue weighted by atomic mass is 32.2. The molecule has 0 spiro atoms. The van der Waals surface area contributed by atoms with Gasteiger partial charge < -0.3 is 4.74 Å². The summed E-state index contributed by atoms with van der Waals surface area (Å²) in [6, 6.07) is 0. The first-order chi connectivity index (χ1) is 5.16. The lowest BCUT2D eigenvalue weighted by molar-refractivity contribution is -0.133. The Morgan fingerprint density at radius 3 is 2.91 bits per heavy atom. The first-order valence-electron chi connectivity index (χ1n) is 2.58. The third kappa shape index (κ3) is 6.99. The summed E-state index contributed by atoms with van der Waals surface area (Å²) >= 11 is -2.09. The molecule has 1 atom stereocenters. The van der Waals surface area contributed by atoms with Crippen molar-refractivity contribution < 1.29 is 18.3 Å². The van der Waals surface area contributed by atoms with E-state index in [1.54, 1.807) is 0 Å². The molecule has 0 aromatic rings. The normalized spacial score (nSPS) is 11.1. The van der Waals surface area contributed by atoms with E-state index >= 15 is 0 Å². The van der Waals surface area contributed by atoms with E-state index in [0.29, 0.717) is 0 Å². The molecule has 6 heteroatoms. The number of carbonyl (C=O) groups is 1. The number of nitrogens with one attached hydrogen (secondary N) is 1. The Bertz CT molecular complexity index is 216. The summed E-state index contributed by atoms with van der Waals surface area (Å²) in [6.45, 7) is -0.0296. The highest BCUT2D eigenvalue weighted by Crippen LogP contribution is 1.67. The van der Waals surface area contributed by atoms with Gasteiger partial charge in [0, 0.05) is 5.92 Å². The van der Waals surface area contributed by atoms with Crippen molar-refractivity contribution in [2.45, 2.75) is 0 Å². The molecule has 0 aromatic heterocycles. The lowest BCUT2D eigenvalue weighted by Gasteiger charge is -1.88. The van der Waals surface area contributed by atoms with Crippen molar-refractivity contribution in [3.05, 3.63) is 0 Å². The van der Waals surface area contributed by atoms with Gasteiger partial charge in [-0.1, -0.05) is 5.92 Å². The van der Waals surface area contributed by atoms with E-state index in [-0.39, 0.29) is 6.54 Å². The molecular formula is C5H7NO4S. The summed E-state index contributed by atoms with van der Waals surface area (Å²) in [4.78, 5) is 10.3. The molecule has 2 N–H and O–H groups in total. The first kappa shape index (κ1) is 10.1. The predicted molar refractivity (Wildman–Crippen MR) is 38.6 cm³/mol. The van der Waals surface area contributed by atoms with Crippen LogP contribution in [-0.2, 0) is 20.8 Å². The standard InChI is InChI=1S/C5H7NO4S/c1-10-5(7)3-2-4-6-11(8)9/h6H,4H2,1H3,(H,8,9). The number of methoxy groups -OCH3 is 1. The van der Waals surface area contributed by atoms with Crippen LogP contribution in [0.1, 0.15) is 0 Å². The monoisotopic (exact) mass is 177 g/mol. The highest BCUT2D eigenvalue weighted by molar-refractivity contribution is 7.77. The van der Waals surface area contributed by atoms with Crippen LogP contribution in [0.15, 0.2) is 0 Å². The summed E-state index contributed by atoms with van der Waals surface area (Å²) in [5.41, 5.74) is 0. The van der Waals surface area contributed by atoms with Gasteiger partial charge in [-0.05, 0) is 0 Å². The topological polar surface area (TPSA) is 75.6 Å². The molecule has 0 aliphatic rings. The van der Waals surface area contributed by atoms with Gasteiger partial charge in [-0.2, -0.15) is 0 Å². The van der Waals surface area contributed by atoms with Gasteiger partial charge in [-0.25, -0.2) is 13.7 Å². The van der Waals surface area contributed by atoms with Crippen molar-refractivity contribution in [3.63, 3.8) is 0 Å². The minimum atomic E-state index is -2.09. The lowest BCUT2D eigenvalue weighted by Crippen LogP contribution is -2.16. The fourth-order valence-corrected chi connectivity index (χ4v) is 0.461. The molecule has 0 rings (SSSR count). The average Bonchev–Trinajstić information content (AvgIpc) is 1.97. The minimum Gasteiger partial charge on any atom is -0.459 e. The molecule has 62 valence electrons. The molecular weight excluding hydrogens is 170 g/mol. The molecule has 0 saturated heterocycles. The Hall–Kier alpha value is -0.900. The maximum atomic E-state index is 10.3. The number of ether oxygens (including phenoxy) is 1. The van der Waals surface area contributed by atoms with Gasteiger partial charge in [-0.15, -0.1) is 0 Å². The zero-order chi connectivity index (χ0) is 8.69. The number of hydrogen-bond acceptors (Lipinski definition) is 3. The summed E-state index contributed by atoms with van der Waals surface area (Å²) in [5.74, 6) is 3.68. The fraction of sp³-hybridized carbons (Fsp3) is 0.400. The van der Waals surface area contributed by atoms with Crippen LogP contribution in [0.4, 0.5) is 0 Å². The van der Waals surface area contributed by atoms with Gasteiger partial charge in [0.15, 0.2) is 0 Å². The molecule has 1 unspecified atom stereocenters. The third-order valence-electron chi connectivity index (χ3n) is 0.660. The van der Waals surface area contributed by atoms with Crippen LogP contribution < -0.4 is 4.72 Å². The number of carbonyl (C=O) groups excluding carboxylic acids is 1. The lowest BCUT2D eigenvalue weighted by atomic mass is 10.6. The van der Waals surface area contributed by atoms with Gasteiger partial charge in [0.05, 0.1) is 13.7 Å². The van der Waals surface area contributed by atoms with E-state index in [4.69, 9.17) is 4.55 Å². The molecule has 0 heterocycles. The number of hydrogen-bond donors (Lipinski definition) is 2. The number of esters is 1. The van der Waals surface area contributed by atoms with Crippen molar-refractivity contribution in [1.82, 2.24) is 4.72 Å². The zero-order valence-electron chi connectivity index (χ0n) is 5.79. The Kier molecular flexibility index (Phi) is 5.37. The van der Waals surface area contributed by atoms with Gasteiger partial charge in [0.1, 0.15) is 0 Å². The van der Waals surface area contributed by atoms with Crippen LogP contribution in [0.5, 0.6) is 0 Å². The van der Waals surface area contributed by atoms with Gasteiger partial charge >= 0.3 is 5.97 Å². The van der Waals surface area contributed by atoms with Crippen LogP contribution in [0, 0.1) is 11.8 Å². The molecule has 0 fully saturated rings. The van der Waals surface area contributed by atoms with Crippen molar-refractivity contribution in [2.24, 2.45) is 0 Å². The second-order valence-electron chi connectivity index (χ2n) is 1.36. The minimum absolute atomic E-state index is 0.0296. The van der Waals surface area contributed by atoms with Crippen LogP contribution in [0.3, 0.4) is 0 Å². The van der Waals surface area contributed by atoms with E-state index in [0.717, 1.165) is 0 Å². The molecule has 0 aliphatic heterocycles. The quantitative estimate of drug-likeness (QED) is 0.243. The fourth-order valence-electron chi connectivity index (χ4n) is 0.265. The average molecular weight is 177 g/mol. The van der Waals surface area contributed by atoms with Gasteiger partial charge in [-0.3, -0.25) is 4.55 Å². The molecule has 0 aliphatic carbocycles. The molecule has 0 bridgehead atoms. The Balaban J connectivity index is 3.56. The molecule has 0 amide bonds. The summed E-state index contributed by atoms with van der Waals surface area (Å²) in [7, 11) is 1.20. The van der Waals surface area contributed by atoms with Crippen LogP contribution >= 0.6 is 0 Å². The molecule has 0 radical (unpaired) electrons. The first-order valence-corrected chi connectivity index (χ1v) is 3.68. The van der Waals surface area contributed by atoms with E-state index < -0.39 is 17.2 Å². The maximum Gasteiger partial charge on any atom is 0.384 e. The zero-order valence-corrected chi connectivity index (χ0v) is 6.60.